The second-order valence-electron chi connectivity index (χ2n) is 4.40. The largest absolute Gasteiger partial charge is 0.374 e. The van der Waals surface area contributed by atoms with Crippen molar-refractivity contribution in [2.45, 2.75) is 32.9 Å². The molecule has 1 fully saturated rings. The van der Waals surface area contributed by atoms with Gasteiger partial charge in [-0.25, -0.2) is 0 Å². The molecule has 0 saturated carbocycles. The highest BCUT2D eigenvalue weighted by Crippen LogP contribution is 2.03. The lowest BCUT2D eigenvalue weighted by Crippen LogP contribution is -2.49. The van der Waals surface area contributed by atoms with Crippen molar-refractivity contribution in [2.24, 2.45) is 0 Å². The molecule has 4 nitrogen and oxygen atoms in total. The van der Waals surface area contributed by atoms with Crippen molar-refractivity contribution in [3.63, 3.8) is 0 Å². The van der Waals surface area contributed by atoms with E-state index in [1.165, 1.54) is 0 Å². The van der Waals surface area contributed by atoms with E-state index in [0.717, 1.165) is 32.8 Å². The fraction of sp³-hybridized carbons (Fsp3) is 0.909. The molecule has 0 radical (unpaired) electrons. The molecule has 2 N–H and O–H groups in total. The summed E-state index contributed by atoms with van der Waals surface area (Å²) < 4.78 is 5.67. The maximum absolute atomic E-state index is 5.67. The minimum absolute atomic E-state index is 0.251. The number of thiocarbonyl (C=S) groups is 1. The lowest BCUT2D eigenvalue weighted by Gasteiger charge is -2.32. The van der Waals surface area contributed by atoms with Crippen LogP contribution in [0.5, 0.6) is 0 Å². The van der Waals surface area contributed by atoms with E-state index in [9.17, 15) is 0 Å². The third-order valence-corrected chi connectivity index (χ3v) is 2.84. The molecular formula is C11H23N3OS. The molecule has 16 heavy (non-hydrogen) atoms. The molecule has 1 unspecified atom stereocenters. The molecule has 0 amide bonds. The monoisotopic (exact) mass is 245 g/mol. The van der Waals surface area contributed by atoms with Crippen LogP contribution >= 0.6 is 12.2 Å². The van der Waals surface area contributed by atoms with E-state index in [1.54, 1.807) is 0 Å². The van der Waals surface area contributed by atoms with Gasteiger partial charge in [0, 0.05) is 25.7 Å². The first kappa shape index (κ1) is 13.7. The van der Waals surface area contributed by atoms with Crippen molar-refractivity contribution in [3.05, 3.63) is 0 Å². The number of rotatable bonds is 4. The van der Waals surface area contributed by atoms with Crippen molar-refractivity contribution in [1.29, 1.82) is 0 Å². The number of nitrogens with one attached hydrogen (secondary N) is 2. The molecular weight excluding hydrogens is 222 g/mol. The first-order valence-electron chi connectivity index (χ1n) is 6.00. The number of morpholine rings is 1. The normalized spacial score (nSPS) is 22.1. The summed E-state index contributed by atoms with van der Waals surface area (Å²) in [4.78, 5) is 2.40. The second kappa shape index (κ2) is 7.04. The van der Waals surface area contributed by atoms with Crippen molar-refractivity contribution >= 4 is 17.3 Å². The van der Waals surface area contributed by atoms with E-state index < -0.39 is 0 Å². The summed E-state index contributed by atoms with van der Waals surface area (Å²) in [6.45, 7) is 11.1. The van der Waals surface area contributed by atoms with Gasteiger partial charge in [0.05, 0.1) is 12.7 Å². The lowest BCUT2D eigenvalue weighted by molar-refractivity contribution is -0.0233. The zero-order chi connectivity index (χ0) is 12.0. The number of nitrogens with zero attached hydrogens (tertiary/aromatic N) is 1. The van der Waals surface area contributed by atoms with Crippen LogP contribution in [0, 0.1) is 0 Å². The van der Waals surface area contributed by atoms with Gasteiger partial charge in [-0.2, -0.15) is 0 Å². The fourth-order valence-electron chi connectivity index (χ4n) is 1.71. The average molecular weight is 245 g/mol. The summed E-state index contributed by atoms with van der Waals surface area (Å²) >= 11 is 5.17. The number of ether oxygens (including phenoxy) is 1. The SMILES string of the molecule is CCN1CCOC(CNC(=S)NC(C)C)C1. The van der Waals surface area contributed by atoms with Gasteiger partial charge in [-0.1, -0.05) is 6.92 Å². The maximum atomic E-state index is 5.67. The Morgan fingerprint density at radius 1 is 1.56 bits per heavy atom. The Hall–Kier alpha value is -0.390. The molecule has 0 aromatic rings. The van der Waals surface area contributed by atoms with Crippen LogP contribution in [-0.2, 0) is 4.74 Å². The predicted molar refractivity (Wildman–Crippen MR) is 70.7 cm³/mol. The van der Waals surface area contributed by atoms with E-state index in [-0.39, 0.29) is 6.10 Å². The molecule has 0 aromatic carbocycles. The fourth-order valence-corrected chi connectivity index (χ4v) is 2.03. The van der Waals surface area contributed by atoms with Crippen LogP contribution in [0.2, 0.25) is 0 Å². The first-order chi connectivity index (χ1) is 7.61. The smallest absolute Gasteiger partial charge is 0.166 e. The summed E-state index contributed by atoms with van der Waals surface area (Å²) in [6, 6.07) is 0.374. The van der Waals surface area contributed by atoms with Gasteiger partial charge in [0.25, 0.3) is 0 Å². The molecule has 1 aliphatic heterocycles. The summed E-state index contributed by atoms with van der Waals surface area (Å²) in [5, 5.41) is 7.07. The molecule has 94 valence electrons. The van der Waals surface area contributed by atoms with Gasteiger partial charge in [0.15, 0.2) is 5.11 Å². The van der Waals surface area contributed by atoms with E-state index in [4.69, 9.17) is 17.0 Å². The molecule has 5 heteroatoms. The quantitative estimate of drug-likeness (QED) is 0.709. The van der Waals surface area contributed by atoms with E-state index in [2.05, 4.69) is 36.3 Å². The van der Waals surface area contributed by atoms with Gasteiger partial charge < -0.3 is 15.4 Å². The van der Waals surface area contributed by atoms with Crippen LogP contribution in [-0.4, -0.2) is 54.9 Å². The molecule has 0 aromatic heterocycles. The Kier molecular flexibility index (Phi) is 6.01. The van der Waals surface area contributed by atoms with Crippen LogP contribution in [0.4, 0.5) is 0 Å². The highest BCUT2D eigenvalue weighted by Gasteiger charge is 2.18. The Labute approximate surface area is 104 Å². The molecule has 0 bridgehead atoms. The highest BCUT2D eigenvalue weighted by atomic mass is 32.1. The zero-order valence-corrected chi connectivity index (χ0v) is 11.3. The summed E-state index contributed by atoms with van der Waals surface area (Å²) in [7, 11) is 0. The molecule has 0 spiro atoms. The first-order valence-corrected chi connectivity index (χ1v) is 6.41. The Morgan fingerprint density at radius 3 is 2.94 bits per heavy atom. The minimum Gasteiger partial charge on any atom is -0.374 e. The molecule has 1 heterocycles. The van der Waals surface area contributed by atoms with Gasteiger partial charge in [-0.3, -0.25) is 4.90 Å². The average Bonchev–Trinajstić information content (AvgIpc) is 2.26. The third-order valence-electron chi connectivity index (χ3n) is 2.58. The van der Waals surface area contributed by atoms with E-state index in [0.29, 0.717) is 11.2 Å². The zero-order valence-electron chi connectivity index (χ0n) is 10.5. The van der Waals surface area contributed by atoms with Crippen molar-refractivity contribution in [2.75, 3.05) is 32.8 Å². The molecule has 1 saturated heterocycles. The number of hydrogen-bond acceptors (Lipinski definition) is 3. The van der Waals surface area contributed by atoms with Crippen LogP contribution in [0.1, 0.15) is 20.8 Å². The van der Waals surface area contributed by atoms with Gasteiger partial charge in [0.1, 0.15) is 0 Å². The van der Waals surface area contributed by atoms with Crippen molar-refractivity contribution in [3.8, 4) is 0 Å². The Bertz CT molecular complexity index is 223. The molecule has 1 rings (SSSR count). The number of hydrogen-bond donors (Lipinski definition) is 2. The Balaban J connectivity index is 2.19. The van der Waals surface area contributed by atoms with Gasteiger partial charge in [-0.05, 0) is 32.6 Å². The molecule has 0 aliphatic carbocycles. The van der Waals surface area contributed by atoms with Crippen LogP contribution in [0.15, 0.2) is 0 Å². The van der Waals surface area contributed by atoms with Crippen LogP contribution in [0.25, 0.3) is 0 Å². The second-order valence-corrected chi connectivity index (χ2v) is 4.80. The van der Waals surface area contributed by atoms with E-state index >= 15 is 0 Å². The van der Waals surface area contributed by atoms with Crippen LogP contribution in [0.3, 0.4) is 0 Å². The topological polar surface area (TPSA) is 36.5 Å². The Morgan fingerprint density at radius 2 is 2.31 bits per heavy atom. The maximum Gasteiger partial charge on any atom is 0.166 e. The van der Waals surface area contributed by atoms with Crippen molar-refractivity contribution in [1.82, 2.24) is 15.5 Å². The summed E-state index contributed by atoms with van der Waals surface area (Å²) in [5.74, 6) is 0. The highest BCUT2D eigenvalue weighted by molar-refractivity contribution is 7.80. The van der Waals surface area contributed by atoms with Gasteiger partial charge in [0.2, 0.25) is 0 Å². The molecule has 1 atom stereocenters. The third kappa shape index (κ3) is 5.09. The van der Waals surface area contributed by atoms with Gasteiger partial charge in [-0.15, -0.1) is 0 Å². The van der Waals surface area contributed by atoms with E-state index in [1.807, 2.05) is 0 Å². The lowest BCUT2D eigenvalue weighted by atomic mass is 10.2. The van der Waals surface area contributed by atoms with Gasteiger partial charge >= 0.3 is 0 Å². The van der Waals surface area contributed by atoms with Crippen LogP contribution < -0.4 is 10.6 Å². The summed E-state index contributed by atoms with van der Waals surface area (Å²) in [6.07, 6.45) is 0.251. The summed E-state index contributed by atoms with van der Waals surface area (Å²) in [5.41, 5.74) is 0. The standard InChI is InChI=1S/C11H23N3OS/c1-4-14-5-6-15-10(8-14)7-12-11(16)13-9(2)3/h9-10H,4-8H2,1-3H3,(H2,12,13,16). The molecule has 1 aliphatic rings. The predicted octanol–water partition coefficient (Wildman–Crippen LogP) is 0.580. The van der Waals surface area contributed by atoms with Crippen molar-refractivity contribution < 1.29 is 4.74 Å². The number of likely N-dealkylation sites (N-methyl/N-ethyl adjacent to an activating group) is 1. The minimum atomic E-state index is 0.251.